The van der Waals surface area contributed by atoms with E-state index in [9.17, 15) is 42.3 Å². The van der Waals surface area contributed by atoms with Gasteiger partial charge in [0, 0.05) is 25.1 Å². The second-order valence-electron chi connectivity index (χ2n) is 10.5. The number of benzene rings is 1. The number of carboxylic acids is 2. The maximum atomic E-state index is 14.0. The van der Waals surface area contributed by atoms with E-state index in [1.807, 2.05) is 0 Å². The molecule has 0 aromatic heterocycles. The molecule has 0 aliphatic carbocycles. The fourth-order valence-electron chi connectivity index (χ4n) is 3.92. The first kappa shape index (κ1) is 33.4. The number of halogens is 3. The maximum Gasteiger partial charge on any atom is 0.336 e. The highest BCUT2D eigenvalue weighted by Gasteiger charge is 2.44. The number of aliphatic hydroxyl groups is 1. The predicted octanol–water partition coefficient (Wildman–Crippen LogP) is 0.357. The van der Waals surface area contributed by atoms with Crippen molar-refractivity contribution in [1.29, 1.82) is 0 Å². The highest BCUT2D eigenvalue weighted by atomic mass is 19.2. The Morgan fingerprint density at radius 1 is 1.05 bits per heavy atom. The molecule has 1 aromatic rings. The standard InChI is InChI=1S/C25H32F3N3O10/c1-24(2,3)40-12-18-22(36)31(41-21(35)11-25(39,23(37)38)10-20(33)34)5-4-30(18)19(32)8-14(29)6-13-7-16(27)17(28)9-15(13)26/h7,9,14,18,39H,4-6,8,10-12,29H2,1-3H3,(H,33,34)(H,37,38)/t14-,18-,25?/m1/s1. The third-order valence-electron chi connectivity index (χ3n) is 5.94. The minimum absolute atomic E-state index is 0.222. The zero-order valence-corrected chi connectivity index (χ0v) is 22.6. The SMILES string of the molecule is CC(C)(C)OC[C@@H]1C(=O)N(OC(=O)CC(O)(CC(=O)O)C(=O)O)CCN1C(=O)C[C@H](N)Cc1cc(F)c(F)cc1F. The molecule has 1 heterocycles. The van der Waals surface area contributed by atoms with E-state index in [1.165, 1.54) is 0 Å². The van der Waals surface area contributed by atoms with Crippen LogP contribution in [0.5, 0.6) is 0 Å². The van der Waals surface area contributed by atoms with Gasteiger partial charge in [-0.3, -0.25) is 14.4 Å². The van der Waals surface area contributed by atoms with Crippen LogP contribution in [0.15, 0.2) is 12.1 Å². The summed E-state index contributed by atoms with van der Waals surface area (Å²) in [6.45, 7) is 4.04. The van der Waals surface area contributed by atoms with Crippen LogP contribution in [-0.2, 0) is 40.0 Å². The molecule has 0 spiro atoms. The molecule has 0 bridgehead atoms. The van der Waals surface area contributed by atoms with Crippen molar-refractivity contribution in [1.82, 2.24) is 9.96 Å². The molecule has 2 rings (SSSR count). The summed E-state index contributed by atoms with van der Waals surface area (Å²) in [5, 5.41) is 28.6. The van der Waals surface area contributed by atoms with Crippen molar-refractivity contribution in [2.75, 3.05) is 19.7 Å². The number of carboxylic acid groups (broad SMARTS) is 2. The van der Waals surface area contributed by atoms with Crippen LogP contribution in [0.1, 0.15) is 45.6 Å². The molecule has 0 saturated carbocycles. The van der Waals surface area contributed by atoms with Crippen molar-refractivity contribution >= 4 is 29.7 Å². The van der Waals surface area contributed by atoms with Gasteiger partial charge in [0.2, 0.25) is 5.91 Å². The van der Waals surface area contributed by atoms with Gasteiger partial charge >= 0.3 is 17.9 Å². The van der Waals surface area contributed by atoms with Gasteiger partial charge in [-0.1, -0.05) is 0 Å². The lowest BCUT2D eigenvalue weighted by Crippen LogP contribution is -2.61. The number of hydrogen-bond acceptors (Lipinski definition) is 9. The Hall–Kier alpha value is -3.76. The minimum atomic E-state index is -3.00. The van der Waals surface area contributed by atoms with Gasteiger partial charge in [-0.05, 0) is 38.8 Å². The first-order valence-electron chi connectivity index (χ1n) is 12.3. The van der Waals surface area contributed by atoms with Gasteiger partial charge in [0.15, 0.2) is 17.2 Å². The van der Waals surface area contributed by atoms with Crippen molar-refractivity contribution in [3.8, 4) is 0 Å². The number of ether oxygens (including phenoxy) is 1. The molecule has 16 heteroatoms. The molecule has 1 saturated heterocycles. The van der Waals surface area contributed by atoms with E-state index >= 15 is 0 Å². The van der Waals surface area contributed by atoms with E-state index in [1.54, 1.807) is 20.8 Å². The molecule has 1 aromatic carbocycles. The Morgan fingerprint density at radius 3 is 2.22 bits per heavy atom. The lowest BCUT2D eigenvalue weighted by Gasteiger charge is -2.40. The number of hydrogen-bond donors (Lipinski definition) is 4. The Labute approximate surface area is 232 Å². The first-order chi connectivity index (χ1) is 18.8. The maximum absolute atomic E-state index is 14.0. The predicted molar refractivity (Wildman–Crippen MR) is 131 cm³/mol. The summed E-state index contributed by atoms with van der Waals surface area (Å²) < 4.78 is 46.4. The van der Waals surface area contributed by atoms with Gasteiger partial charge in [-0.15, -0.1) is 0 Å². The number of aliphatic carboxylic acids is 2. The fourth-order valence-corrected chi connectivity index (χ4v) is 3.92. The molecule has 5 N–H and O–H groups in total. The van der Waals surface area contributed by atoms with E-state index in [-0.39, 0.29) is 31.7 Å². The second kappa shape index (κ2) is 13.3. The number of piperazine rings is 1. The minimum Gasteiger partial charge on any atom is -0.481 e. The van der Waals surface area contributed by atoms with Crippen LogP contribution in [0.25, 0.3) is 0 Å². The summed E-state index contributed by atoms with van der Waals surface area (Å²) in [4.78, 5) is 66.9. The topological polar surface area (TPSA) is 197 Å². The molecule has 1 aliphatic rings. The molecule has 1 unspecified atom stereocenters. The van der Waals surface area contributed by atoms with Crippen molar-refractivity contribution in [3.63, 3.8) is 0 Å². The lowest BCUT2D eigenvalue weighted by molar-refractivity contribution is -0.215. The highest BCUT2D eigenvalue weighted by molar-refractivity contribution is 5.91. The zero-order chi connectivity index (χ0) is 31.3. The lowest BCUT2D eigenvalue weighted by atomic mass is 9.96. The Bertz CT molecular complexity index is 1190. The molecule has 2 amide bonds. The molecule has 41 heavy (non-hydrogen) atoms. The van der Waals surface area contributed by atoms with Crippen LogP contribution in [0.4, 0.5) is 13.2 Å². The summed E-state index contributed by atoms with van der Waals surface area (Å²) in [5.41, 5.74) is 1.94. The molecule has 13 nitrogen and oxygen atoms in total. The van der Waals surface area contributed by atoms with Crippen molar-refractivity contribution in [2.24, 2.45) is 5.73 Å². The summed E-state index contributed by atoms with van der Waals surface area (Å²) >= 11 is 0. The third kappa shape index (κ3) is 9.40. The molecular weight excluding hydrogens is 559 g/mol. The number of rotatable bonds is 12. The molecular formula is C25H32F3N3O10. The summed E-state index contributed by atoms with van der Waals surface area (Å²) in [6, 6.07) is -1.42. The number of hydroxylamine groups is 2. The molecule has 3 atom stereocenters. The van der Waals surface area contributed by atoms with E-state index in [0.29, 0.717) is 17.2 Å². The summed E-state index contributed by atoms with van der Waals surface area (Å²) in [7, 11) is 0. The molecule has 1 fully saturated rings. The molecule has 0 radical (unpaired) electrons. The van der Waals surface area contributed by atoms with E-state index in [0.717, 1.165) is 4.90 Å². The fraction of sp³-hybridized carbons (Fsp3) is 0.560. The largest absolute Gasteiger partial charge is 0.481 e. The number of amides is 2. The molecule has 228 valence electrons. The van der Waals surface area contributed by atoms with Crippen LogP contribution in [-0.4, -0.2) is 98.0 Å². The monoisotopic (exact) mass is 591 g/mol. The Balaban J connectivity index is 2.16. The number of carbonyl (C=O) groups excluding carboxylic acids is 3. The second-order valence-corrected chi connectivity index (χ2v) is 10.5. The van der Waals surface area contributed by atoms with Crippen LogP contribution in [0, 0.1) is 17.5 Å². The summed E-state index contributed by atoms with van der Waals surface area (Å²) in [5.74, 6) is -10.5. The number of nitrogens with two attached hydrogens (primary N) is 1. The molecule has 1 aliphatic heterocycles. The van der Waals surface area contributed by atoms with E-state index < -0.39 is 89.7 Å². The van der Waals surface area contributed by atoms with Crippen LogP contribution < -0.4 is 5.73 Å². The number of nitrogens with zero attached hydrogens (tertiary/aromatic N) is 2. The average molecular weight is 592 g/mol. The quantitative estimate of drug-likeness (QED) is 0.245. The Kier molecular flexibility index (Phi) is 10.8. The first-order valence-corrected chi connectivity index (χ1v) is 12.3. The van der Waals surface area contributed by atoms with E-state index in [4.69, 9.17) is 25.5 Å². The number of carbonyl (C=O) groups is 5. The van der Waals surface area contributed by atoms with Crippen molar-refractivity contribution in [2.45, 2.75) is 69.7 Å². The van der Waals surface area contributed by atoms with Crippen LogP contribution in [0.2, 0.25) is 0 Å². The smallest absolute Gasteiger partial charge is 0.336 e. The van der Waals surface area contributed by atoms with Gasteiger partial charge in [0.25, 0.3) is 5.91 Å². The van der Waals surface area contributed by atoms with Crippen molar-refractivity contribution in [3.05, 3.63) is 35.1 Å². The summed E-state index contributed by atoms with van der Waals surface area (Å²) in [6.07, 6.45) is -3.37. The Morgan fingerprint density at radius 2 is 1.66 bits per heavy atom. The van der Waals surface area contributed by atoms with Gasteiger partial charge in [-0.2, -0.15) is 5.06 Å². The highest BCUT2D eigenvalue weighted by Crippen LogP contribution is 2.22. The van der Waals surface area contributed by atoms with Crippen LogP contribution >= 0.6 is 0 Å². The zero-order valence-electron chi connectivity index (χ0n) is 22.6. The average Bonchev–Trinajstić information content (AvgIpc) is 2.81. The normalized spacial score (nSPS) is 18.0. The van der Waals surface area contributed by atoms with Gasteiger partial charge in [0.1, 0.15) is 11.9 Å². The van der Waals surface area contributed by atoms with Gasteiger partial charge in [0.05, 0.1) is 31.6 Å². The van der Waals surface area contributed by atoms with Crippen LogP contribution in [0.3, 0.4) is 0 Å². The van der Waals surface area contributed by atoms with Crippen molar-refractivity contribution < 1.29 is 62.0 Å². The van der Waals surface area contributed by atoms with E-state index in [2.05, 4.69) is 0 Å². The van der Waals surface area contributed by atoms with Gasteiger partial charge < -0.3 is 35.5 Å². The van der Waals surface area contributed by atoms with Gasteiger partial charge in [-0.25, -0.2) is 22.8 Å². The third-order valence-corrected chi connectivity index (χ3v) is 5.94.